The summed E-state index contributed by atoms with van der Waals surface area (Å²) in [6, 6.07) is 6.13. The first-order valence-electron chi connectivity index (χ1n) is 3.60. The van der Waals surface area contributed by atoms with Gasteiger partial charge in [-0.15, -0.1) is 3.89 Å². The van der Waals surface area contributed by atoms with Crippen LogP contribution in [0.3, 0.4) is 0 Å². The van der Waals surface area contributed by atoms with Crippen molar-refractivity contribution < 1.29 is 12.3 Å². The van der Waals surface area contributed by atoms with Crippen LogP contribution in [0, 0.1) is 0 Å². The van der Waals surface area contributed by atoms with Crippen molar-refractivity contribution in [1.29, 1.82) is 0 Å². The van der Waals surface area contributed by atoms with Gasteiger partial charge in [-0.1, -0.05) is 12.1 Å². The third-order valence-electron chi connectivity index (χ3n) is 1.81. The molecular formula is C8H6FNO2S. The molecule has 0 unspecified atom stereocenters. The lowest BCUT2D eigenvalue weighted by Crippen LogP contribution is -1.92. The van der Waals surface area contributed by atoms with Gasteiger partial charge in [0, 0.05) is 11.6 Å². The van der Waals surface area contributed by atoms with Crippen LogP contribution in [0.2, 0.25) is 0 Å². The Balaban J connectivity index is 2.91. The molecule has 68 valence electrons. The zero-order chi connectivity index (χ0) is 9.47. The highest BCUT2D eigenvalue weighted by atomic mass is 32.3. The molecule has 1 N–H and O–H groups in total. The molecule has 3 nitrogen and oxygen atoms in total. The lowest BCUT2D eigenvalue weighted by atomic mass is 10.2. The third-order valence-corrected chi connectivity index (χ3v) is 2.68. The minimum atomic E-state index is -4.63. The van der Waals surface area contributed by atoms with Crippen LogP contribution in [0.25, 0.3) is 10.9 Å². The number of halogens is 1. The zero-order valence-corrected chi connectivity index (χ0v) is 7.31. The Morgan fingerprint density at radius 3 is 2.69 bits per heavy atom. The lowest BCUT2D eigenvalue weighted by Gasteiger charge is -1.96. The average Bonchev–Trinajstić information content (AvgIpc) is 2.48. The van der Waals surface area contributed by atoms with Gasteiger partial charge in [-0.2, -0.15) is 8.42 Å². The van der Waals surface area contributed by atoms with E-state index < -0.39 is 10.2 Å². The summed E-state index contributed by atoms with van der Waals surface area (Å²) in [5.41, 5.74) is 0.310. The van der Waals surface area contributed by atoms with E-state index in [1.807, 2.05) is 0 Å². The van der Waals surface area contributed by atoms with Crippen LogP contribution in [-0.4, -0.2) is 13.4 Å². The number of nitrogens with one attached hydrogen (secondary N) is 1. The van der Waals surface area contributed by atoms with Crippen molar-refractivity contribution in [2.24, 2.45) is 0 Å². The maximum Gasteiger partial charge on any atom is 0.334 e. The molecule has 0 spiro atoms. The summed E-state index contributed by atoms with van der Waals surface area (Å²) >= 11 is 0. The minimum Gasteiger partial charge on any atom is -0.360 e. The van der Waals surface area contributed by atoms with E-state index in [2.05, 4.69) is 4.98 Å². The molecule has 0 saturated carbocycles. The molecule has 1 heterocycles. The van der Waals surface area contributed by atoms with Crippen LogP contribution >= 0.6 is 0 Å². The number of benzene rings is 1. The van der Waals surface area contributed by atoms with E-state index in [4.69, 9.17) is 0 Å². The predicted molar refractivity (Wildman–Crippen MR) is 46.6 cm³/mol. The quantitative estimate of drug-likeness (QED) is 0.712. The number of aromatic nitrogens is 1. The first kappa shape index (κ1) is 8.25. The second kappa shape index (κ2) is 2.56. The van der Waals surface area contributed by atoms with Crippen molar-refractivity contribution in [3.05, 3.63) is 30.5 Å². The summed E-state index contributed by atoms with van der Waals surface area (Å²) < 4.78 is 34.0. The highest BCUT2D eigenvalue weighted by Gasteiger charge is 2.15. The fourth-order valence-electron chi connectivity index (χ4n) is 1.26. The van der Waals surface area contributed by atoms with Gasteiger partial charge < -0.3 is 4.98 Å². The lowest BCUT2D eigenvalue weighted by molar-refractivity contribution is 0.553. The van der Waals surface area contributed by atoms with Gasteiger partial charge in [0.25, 0.3) is 0 Å². The number of hydrogen-bond acceptors (Lipinski definition) is 2. The number of rotatable bonds is 1. The van der Waals surface area contributed by atoms with Gasteiger partial charge in [-0.3, -0.25) is 0 Å². The molecule has 2 aromatic rings. The van der Waals surface area contributed by atoms with Crippen LogP contribution in [0.4, 0.5) is 3.89 Å². The molecule has 13 heavy (non-hydrogen) atoms. The average molecular weight is 199 g/mol. The van der Waals surface area contributed by atoms with Crippen LogP contribution < -0.4 is 0 Å². The van der Waals surface area contributed by atoms with Crippen LogP contribution in [0.1, 0.15) is 0 Å². The van der Waals surface area contributed by atoms with Gasteiger partial charge in [0.05, 0.1) is 5.52 Å². The summed E-state index contributed by atoms with van der Waals surface area (Å²) in [5.74, 6) is 0. The second-order valence-electron chi connectivity index (χ2n) is 2.64. The summed E-state index contributed by atoms with van der Waals surface area (Å²) in [6.07, 6.45) is 1.57. The highest BCUT2D eigenvalue weighted by Crippen LogP contribution is 2.22. The highest BCUT2D eigenvalue weighted by molar-refractivity contribution is 7.86. The normalized spacial score (nSPS) is 12.1. The second-order valence-corrected chi connectivity index (χ2v) is 3.95. The fraction of sp³-hybridized carbons (Fsp3) is 0. The smallest absolute Gasteiger partial charge is 0.334 e. The molecule has 2 rings (SSSR count). The number of H-pyrrole nitrogens is 1. The number of aromatic amines is 1. The zero-order valence-electron chi connectivity index (χ0n) is 6.49. The molecule has 1 aromatic heterocycles. The van der Waals surface area contributed by atoms with Crippen LogP contribution in [0.5, 0.6) is 0 Å². The largest absolute Gasteiger partial charge is 0.360 e. The monoisotopic (exact) mass is 199 g/mol. The molecule has 1 aromatic carbocycles. The molecule has 0 amide bonds. The van der Waals surface area contributed by atoms with E-state index in [0.29, 0.717) is 10.9 Å². The molecule has 0 atom stereocenters. The van der Waals surface area contributed by atoms with E-state index in [0.717, 1.165) is 0 Å². The summed E-state index contributed by atoms with van der Waals surface area (Å²) in [6.45, 7) is 0. The topological polar surface area (TPSA) is 49.9 Å². The van der Waals surface area contributed by atoms with Crippen LogP contribution in [0.15, 0.2) is 35.4 Å². The number of hydrogen-bond donors (Lipinski definition) is 1. The standard InChI is InChI=1S/C8H6FNO2S/c9-13(11,12)7-3-1-2-6-4-5-10-8(6)7/h1-5,10H. The summed E-state index contributed by atoms with van der Waals surface area (Å²) in [4.78, 5) is 2.37. The van der Waals surface area contributed by atoms with Crippen LogP contribution in [-0.2, 0) is 10.2 Å². The minimum absolute atomic E-state index is 0.310. The molecule has 5 heteroatoms. The first-order chi connectivity index (χ1) is 6.09. The predicted octanol–water partition coefficient (Wildman–Crippen LogP) is 1.83. The van der Waals surface area contributed by atoms with Crippen molar-refractivity contribution in [2.45, 2.75) is 4.90 Å². The first-order valence-corrected chi connectivity index (χ1v) is 4.98. The molecule has 0 radical (unpaired) electrons. The number of para-hydroxylation sites is 1. The molecule has 0 aliphatic carbocycles. The van der Waals surface area contributed by atoms with Crippen molar-refractivity contribution in [3.63, 3.8) is 0 Å². The van der Waals surface area contributed by atoms with Gasteiger partial charge >= 0.3 is 10.2 Å². The number of fused-ring (bicyclic) bond motifs is 1. The van der Waals surface area contributed by atoms with Gasteiger partial charge in [0.15, 0.2) is 0 Å². The van der Waals surface area contributed by atoms with Gasteiger partial charge in [0.2, 0.25) is 0 Å². The van der Waals surface area contributed by atoms with Gasteiger partial charge in [-0.05, 0) is 12.1 Å². The van der Waals surface area contributed by atoms with Crippen molar-refractivity contribution in [3.8, 4) is 0 Å². The Hall–Kier alpha value is -1.36. The maximum atomic E-state index is 12.7. The van der Waals surface area contributed by atoms with E-state index in [-0.39, 0.29) is 4.90 Å². The molecule has 0 saturated heterocycles. The maximum absolute atomic E-state index is 12.7. The van der Waals surface area contributed by atoms with E-state index in [1.165, 1.54) is 12.1 Å². The Bertz CT molecular complexity index is 544. The Morgan fingerprint density at radius 1 is 1.23 bits per heavy atom. The van der Waals surface area contributed by atoms with Crippen molar-refractivity contribution in [1.82, 2.24) is 4.98 Å². The van der Waals surface area contributed by atoms with E-state index >= 15 is 0 Å². The van der Waals surface area contributed by atoms with E-state index in [1.54, 1.807) is 18.3 Å². The van der Waals surface area contributed by atoms with Crippen molar-refractivity contribution in [2.75, 3.05) is 0 Å². The van der Waals surface area contributed by atoms with Gasteiger partial charge in [-0.25, -0.2) is 0 Å². The van der Waals surface area contributed by atoms with Crippen molar-refractivity contribution >= 4 is 21.1 Å². The molecule has 0 bridgehead atoms. The molecule has 0 aliphatic heterocycles. The SMILES string of the molecule is O=S(=O)(F)c1cccc2cc[nH]c12. The molecular weight excluding hydrogens is 193 g/mol. The molecule has 0 fully saturated rings. The van der Waals surface area contributed by atoms with Gasteiger partial charge in [0.1, 0.15) is 4.90 Å². The fourth-order valence-corrected chi connectivity index (χ4v) is 1.92. The van der Waals surface area contributed by atoms with E-state index in [9.17, 15) is 12.3 Å². The Labute approximate surface area is 74.4 Å². The Kier molecular flexibility index (Phi) is 1.63. The summed E-state index contributed by atoms with van der Waals surface area (Å²) in [7, 11) is -4.63. The summed E-state index contributed by atoms with van der Waals surface area (Å²) in [5, 5.41) is 0.679. The molecule has 0 aliphatic rings. The Morgan fingerprint density at radius 2 is 2.00 bits per heavy atom. The third kappa shape index (κ3) is 1.31.